The number of hydrogen-bond acceptors (Lipinski definition) is 5. The number of anilines is 1. The van der Waals surface area contributed by atoms with E-state index in [1.807, 2.05) is 13.8 Å². The highest BCUT2D eigenvalue weighted by Crippen LogP contribution is 2.13. The topological polar surface area (TPSA) is 59.9 Å². The fraction of sp³-hybridized carbons (Fsp3) is 0.308. The average Bonchev–Trinajstić information content (AvgIpc) is 2.36. The van der Waals surface area contributed by atoms with Gasteiger partial charge in [-0.25, -0.2) is 4.39 Å². The Bertz CT molecular complexity index is 577. The van der Waals surface area contributed by atoms with E-state index in [4.69, 9.17) is 16.3 Å². The molecule has 2 aromatic rings. The third-order valence-corrected chi connectivity index (χ3v) is 2.46. The van der Waals surface area contributed by atoms with Crippen LogP contribution >= 0.6 is 11.6 Å². The smallest absolute Gasteiger partial charge is 0.322 e. The highest BCUT2D eigenvalue weighted by atomic mass is 35.5. The second-order valence-electron chi connectivity index (χ2n) is 4.36. The Morgan fingerprint density at radius 3 is 2.55 bits per heavy atom. The number of benzene rings is 1. The van der Waals surface area contributed by atoms with Gasteiger partial charge >= 0.3 is 6.01 Å². The number of hydrogen-bond donors (Lipinski definition) is 1. The molecule has 5 nitrogen and oxygen atoms in total. The van der Waals surface area contributed by atoms with Gasteiger partial charge in [0.25, 0.3) is 0 Å². The van der Waals surface area contributed by atoms with Crippen molar-refractivity contribution < 1.29 is 9.13 Å². The van der Waals surface area contributed by atoms with Gasteiger partial charge in [0, 0.05) is 6.54 Å². The molecule has 0 saturated heterocycles. The fourth-order valence-corrected chi connectivity index (χ4v) is 1.61. The van der Waals surface area contributed by atoms with E-state index < -0.39 is 0 Å². The lowest BCUT2D eigenvalue weighted by Gasteiger charge is -2.09. The SMILES string of the molecule is CC(C)Oc1nc(Cl)nc(NCc2ccc(F)cc2)n1. The van der Waals surface area contributed by atoms with Crippen molar-refractivity contribution in [3.8, 4) is 6.01 Å². The van der Waals surface area contributed by atoms with E-state index >= 15 is 0 Å². The van der Waals surface area contributed by atoms with Gasteiger partial charge in [-0.2, -0.15) is 15.0 Å². The molecule has 7 heteroatoms. The molecule has 2 rings (SSSR count). The Morgan fingerprint density at radius 1 is 1.20 bits per heavy atom. The highest BCUT2D eigenvalue weighted by molar-refractivity contribution is 6.28. The lowest BCUT2D eigenvalue weighted by Crippen LogP contribution is -2.11. The highest BCUT2D eigenvalue weighted by Gasteiger charge is 2.07. The molecule has 0 atom stereocenters. The standard InChI is InChI=1S/C13H14ClFN4O/c1-8(2)20-13-18-11(14)17-12(19-13)16-7-9-3-5-10(15)6-4-9/h3-6,8H,7H2,1-2H3,(H,16,17,18,19). The third-order valence-electron chi connectivity index (χ3n) is 2.29. The molecular formula is C13H14ClFN4O. The molecule has 1 N–H and O–H groups in total. The van der Waals surface area contributed by atoms with Crippen molar-refractivity contribution in [2.45, 2.75) is 26.5 Å². The van der Waals surface area contributed by atoms with Crippen molar-refractivity contribution in [1.29, 1.82) is 0 Å². The monoisotopic (exact) mass is 296 g/mol. The molecule has 0 saturated carbocycles. The summed E-state index contributed by atoms with van der Waals surface area (Å²) in [6.07, 6.45) is -0.0570. The van der Waals surface area contributed by atoms with E-state index in [1.54, 1.807) is 12.1 Å². The molecule has 106 valence electrons. The van der Waals surface area contributed by atoms with Gasteiger partial charge in [-0.1, -0.05) is 12.1 Å². The fourth-order valence-electron chi connectivity index (χ4n) is 1.46. The van der Waals surface area contributed by atoms with Crippen LogP contribution in [0.1, 0.15) is 19.4 Å². The Labute approximate surface area is 121 Å². The van der Waals surface area contributed by atoms with E-state index in [-0.39, 0.29) is 23.2 Å². The molecule has 1 heterocycles. The van der Waals surface area contributed by atoms with Crippen LogP contribution in [0.5, 0.6) is 6.01 Å². The Kier molecular flexibility index (Phi) is 4.68. The Morgan fingerprint density at radius 2 is 1.90 bits per heavy atom. The molecule has 0 unspecified atom stereocenters. The zero-order valence-electron chi connectivity index (χ0n) is 11.1. The first kappa shape index (κ1) is 14.5. The number of aromatic nitrogens is 3. The Hall–Kier alpha value is -1.95. The van der Waals surface area contributed by atoms with E-state index in [9.17, 15) is 4.39 Å². The number of nitrogens with one attached hydrogen (secondary N) is 1. The summed E-state index contributed by atoms with van der Waals surface area (Å²) < 4.78 is 18.2. The first-order chi connectivity index (χ1) is 9.52. The quantitative estimate of drug-likeness (QED) is 0.919. The van der Waals surface area contributed by atoms with Gasteiger partial charge in [0.1, 0.15) is 5.82 Å². The van der Waals surface area contributed by atoms with Crippen LogP contribution in [0.15, 0.2) is 24.3 Å². The van der Waals surface area contributed by atoms with Crippen LogP contribution in [-0.4, -0.2) is 21.1 Å². The minimum absolute atomic E-state index is 0.0530. The average molecular weight is 297 g/mol. The number of ether oxygens (including phenoxy) is 1. The first-order valence-electron chi connectivity index (χ1n) is 6.09. The van der Waals surface area contributed by atoms with Crippen LogP contribution in [0.3, 0.4) is 0 Å². The van der Waals surface area contributed by atoms with Crippen molar-refractivity contribution in [2.24, 2.45) is 0 Å². The maximum atomic E-state index is 12.8. The summed E-state index contributed by atoms with van der Waals surface area (Å²) in [4.78, 5) is 11.9. The summed E-state index contributed by atoms with van der Waals surface area (Å²) in [6.45, 7) is 4.17. The molecule has 1 aromatic carbocycles. The predicted molar refractivity (Wildman–Crippen MR) is 74.3 cm³/mol. The molecular weight excluding hydrogens is 283 g/mol. The van der Waals surface area contributed by atoms with Gasteiger partial charge in [0.15, 0.2) is 0 Å². The second kappa shape index (κ2) is 6.47. The second-order valence-corrected chi connectivity index (χ2v) is 4.70. The van der Waals surface area contributed by atoms with Gasteiger partial charge < -0.3 is 10.1 Å². The van der Waals surface area contributed by atoms with E-state index in [2.05, 4.69) is 20.3 Å². The van der Waals surface area contributed by atoms with Crippen LogP contribution in [0.4, 0.5) is 10.3 Å². The molecule has 1 aromatic heterocycles. The minimum Gasteiger partial charge on any atom is -0.461 e. The predicted octanol–water partition coefficient (Wildman–Crippen LogP) is 3.06. The first-order valence-corrected chi connectivity index (χ1v) is 6.47. The zero-order valence-corrected chi connectivity index (χ0v) is 11.9. The maximum absolute atomic E-state index is 12.8. The molecule has 0 amide bonds. The van der Waals surface area contributed by atoms with Crippen molar-refractivity contribution >= 4 is 17.5 Å². The number of rotatable bonds is 5. The lowest BCUT2D eigenvalue weighted by molar-refractivity contribution is 0.222. The van der Waals surface area contributed by atoms with Crippen molar-refractivity contribution in [1.82, 2.24) is 15.0 Å². The van der Waals surface area contributed by atoms with Gasteiger partial charge in [-0.05, 0) is 43.1 Å². The molecule has 0 aliphatic heterocycles. The third kappa shape index (κ3) is 4.31. The van der Waals surface area contributed by atoms with Crippen LogP contribution in [0.2, 0.25) is 5.28 Å². The van der Waals surface area contributed by atoms with Gasteiger partial charge in [0.05, 0.1) is 6.10 Å². The Balaban J connectivity index is 2.05. The van der Waals surface area contributed by atoms with Gasteiger partial charge in [-0.15, -0.1) is 0 Å². The van der Waals surface area contributed by atoms with Crippen LogP contribution in [0, 0.1) is 5.82 Å². The van der Waals surface area contributed by atoms with Crippen LogP contribution in [-0.2, 0) is 6.54 Å². The van der Waals surface area contributed by atoms with E-state index in [0.717, 1.165) is 5.56 Å². The zero-order chi connectivity index (χ0) is 14.5. The van der Waals surface area contributed by atoms with Crippen molar-refractivity contribution in [2.75, 3.05) is 5.32 Å². The molecule has 0 spiro atoms. The largest absolute Gasteiger partial charge is 0.461 e. The molecule has 0 aliphatic rings. The lowest BCUT2D eigenvalue weighted by atomic mass is 10.2. The maximum Gasteiger partial charge on any atom is 0.322 e. The molecule has 0 aliphatic carbocycles. The van der Waals surface area contributed by atoms with E-state index in [1.165, 1.54) is 12.1 Å². The van der Waals surface area contributed by atoms with Crippen LogP contribution < -0.4 is 10.1 Å². The van der Waals surface area contributed by atoms with Gasteiger partial charge in [0.2, 0.25) is 11.2 Å². The molecule has 20 heavy (non-hydrogen) atoms. The molecule has 0 radical (unpaired) electrons. The van der Waals surface area contributed by atoms with Crippen molar-refractivity contribution in [3.05, 3.63) is 40.9 Å². The molecule has 0 fully saturated rings. The summed E-state index contributed by atoms with van der Waals surface area (Å²) in [5.41, 5.74) is 0.897. The number of halogens is 2. The van der Waals surface area contributed by atoms with E-state index in [0.29, 0.717) is 12.5 Å². The van der Waals surface area contributed by atoms with Gasteiger partial charge in [-0.3, -0.25) is 0 Å². The van der Waals surface area contributed by atoms with Crippen LogP contribution in [0.25, 0.3) is 0 Å². The van der Waals surface area contributed by atoms with Crippen molar-refractivity contribution in [3.63, 3.8) is 0 Å². The number of nitrogens with zero attached hydrogens (tertiary/aromatic N) is 3. The summed E-state index contributed by atoms with van der Waals surface area (Å²) in [5, 5.41) is 3.04. The summed E-state index contributed by atoms with van der Waals surface area (Å²) >= 11 is 5.80. The normalized spacial score (nSPS) is 10.7. The molecule has 0 bridgehead atoms. The minimum atomic E-state index is -0.274. The summed E-state index contributed by atoms with van der Waals surface area (Å²) in [7, 11) is 0. The summed E-state index contributed by atoms with van der Waals surface area (Å²) in [5.74, 6) is 0.0366. The summed E-state index contributed by atoms with van der Waals surface area (Å²) in [6, 6.07) is 6.31.